The number of amides is 1. The molecule has 2 aromatic rings. The molecule has 0 saturated heterocycles. The topological polar surface area (TPSA) is 49.3 Å². The second-order valence-corrected chi connectivity index (χ2v) is 6.94. The Morgan fingerprint density at radius 3 is 2.12 bits per heavy atom. The third kappa shape index (κ3) is 3.94. The summed E-state index contributed by atoms with van der Waals surface area (Å²) in [5.74, 6) is -0.180. The minimum atomic E-state index is -0.696. The van der Waals surface area contributed by atoms with Crippen molar-refractivity contribution in [2.24, 2.45) is 11.8 Å². The van der Waals surface area contributed by atoms with Crippen LogP contribution in [0.1, 0.15) is 37.1 Å². The van der Waals surface area contributed by atoms with Gasteiger partial charge in [-0.2, -0.15) is 0 Å². The van der Waals surface area contributed by atoms with E-state index in [1.165, 1.54) is 0 Å². The van der Waals surface area contributed by atoms with Gasteiger partial charge >= 0.3 is 0 Å². The molecule has 3 rings (SSSR count). The summed E-state index contributed by atoms with van der Waals surface area (Å²) in [6.07, 6.45) is 5.28. The highest BCUT2D eigenvalue weighted by molar-refractivity contribution is 5.78. The number of rotatable bonds is 6. The normalized spacial score (nSPS) is 18.5. The first-order valence-electron chi connectivity index (χ1n) is 9.04. The number of nitrogens with one attached hydrogen (secondary N) is 1. The number of aliphatic hydroxyl groups excluding tert-OH is 1. The summed E-state index contributed by atoms with van der Waals surface area (Å²) in [4.78, 5) is 12.4. The van der Waals surface area contributed by atoms with Crippen LogP contribution in [0.15, 0.2) is 84.5 Å². The fourth-order valence-corrected chi connectivity index (χ4v) is 3.27. The fourth-order valence-electron chi connectivity index (χ4n) is 3.27. The van der Waals surface area contributed by atoms with Crippen molar-refractivity contribution in [3.63, 3.8) is 0 Å². The third-order valence-corrected chi connectivity index (χ3v) is 4.76. The molecule has 2 N–H and O–H groups in total. The fraction of sp³-hybridized carbons (Fsp3) is 0.261. The van der Waals surface area contributed by atoms with Crippen LogP contribution in [0, 0.1) is 11.8 Å². The monoisotopic (exact) mass is 347 g/mol. The summed E-state index contributed by atoms with van der Waals surface area (Å²) < 4.78 is 0. The molecule has 26 heavy (non-hydrogen) atoms. The smallest absolute Gasteiger partial charge is 0.223 e. The molecular formula is C23H25NO2. The molecule has 0 heterocycles. The molecule has 0 bridgehead atoms. The molecule has 0 radical (unpaired) electrons. The van der Waals surface area contributed by atoms with Gasteiger partial charge < -0.3 is 10.4 Å². The lowest BCUT2D eigenvalue weighted by Crippen LogP contribution is -2.36. The van der Waals surface area contributed by atoms with Gasteiger partial charge in [-0.1, -0.05) is 92.7 Å². The first kappa shape index (κ1) is 18.2. The first-order chi connectivity index (χ1) is 12.6. The Morgan fingerprint density at radius 2 is 1.54 bits per heavy atom. The SMILES string of the molecule is CC(C)C(=O)N[C@@H](c1ccccc1)C1C=CC=C1[C@H](O)c1ccccc1. The summed E-state index contributed by atoms with van der Waals surface area (Å²) in [7, 11) is 0. The molecule has 0 fully saturated rings. The maximum Gasteiger partial charge on any atom is 0.223 e. The quantitative estimate of drug-likeness (QED) is 0.816. The Kier molecular flexibility index (Phi) is 5.69. The molecule has 2 aromatic carbocycles. The standard InChI is InChI=1S/C23H25NO2/c1-16(2)23(26)24-21(17-10-5-3-6-11-17)19-14-9-15-20(19)22(25)18-12-7-4-8-13-18/h3-16,19,21-22,25H,1-2H3,(H,24,26)/t19?,21-,22+/m0/s1. The lowest BCUT2D eigenvalue weighted by molar-refractivity contribution is -0.125. The molecule has 1 unspecified atom stereocenters. The van der Waals surface area contributed by atoms with Gasteiger partial charge in [0.25, 0.3) is 0 Å². The van der Waals surface area contributed by atoms with Gasteiger partial charge in [0.1, 0.15) is 6.10 Å². The van der Waals surface area contributed by atoms with Crippen LogP contribution in [0.25, 0.3) is 0 Å². The van der Waals surface area contributed by atoms with Crippen molar-refractivity contribution in [2.75, 3.05) is 0 Å². The van der Waals surface area contributed by atoms with Crippen LogP contribution in [0.3, 0.4) is 0 Å². The molecule has 3 atom stereocenters. The van der Waals surface area contributed by atoms with Crippen molar-refractivity contribution in [3.05, 3.63) is 95.6 Å². The average Bonchev–Trinajstić information content (AvgIpc) is 3.16. The van der Waals surface area contributed by atoms with Crippen molar-refractivity contribution in [2.45, 2.75) is 26.0 Å². The second-order valence-electron chi connectivity index (χ2n) is 6.94. The van der Waals surface area contributed by atoms with E-state index in [9.17, 15) is 9.90 Å². The van der Waals surface area contributed by atoms with Crippen molar-refractivity contribution in [1.82, 2.24) is 5.32 Å². The van der Waals surface area contributed by atoms with Crippen molar-refractivity contribution in [1.29, 1.82) is 0 Å². The van der Waals surface area contributed by atoms with Crippen LogP contribution >= 0.6 is 0 Å². The van der Waals surface area contributed by atoms with Crippen LogP contribution in [0.5, 0.6) is 0 Å². The van der Waals surface area contributed by atoms with Gasteiger partial charge in [0.2, 0.25) is 5.91 Å². The highest BCUT2D eigenvalue weighted by Gasteiger charge is 2.32. The molecule has 1 aliphatic carbocycles. The first-order valence-corrected chi connectivity index (χ1v) is 9.04. The van der Waals surface area contributed by atoms with E-state index < -0.39 is 6.10 Å². The van der Waals surface area contributed by atoms with E-state index in [-0.39, 0.29) is 23.8 Å². The lowest BCUT2D eigenvalue weighted by atomic mass is 9.84. The van der Waals surface area contributed by atoms with Gasteiger partial charge in [0.05, 0.1) is 6.04 Å². The van der Waals surface area contributed by atoms with E-state index in [2.05, 4.69) is 11.4 Å². The van der Waals surface area contributed by atoms with Crippen LogP contribution in [0.4, 0.5) is 0 Å². The Hall–Kier alpha value is -2.65. The van der Waals surface area contributed by atoms with Gasteiger partial charge in [-0.05, 0) is 16.7 Å². The van der Waals surface area contributed by atoms with Crippen molar-refractivity contribution in [3.8, 4) is 0 Å². The van der Waals surface area contributed by atoms with E-state index >= 15 is 0 Å². The van der Waals surface area contributed by atoms with E-state index in [0.717, 1.165) is 16.7 Å². The molecule has 0 saturated carbocycles. The van der Waals surface area contributed by atoms with Crippen LogP contribution in [-0.2, 0) is 4.79 Å². The molecule has 0 spiro atoms. The molecule has 1 amide bonds. The predicted octanol–water partition coefficient (Wildman–Crippen LogP) is 4.35. The van der Waals surface area contributed by atoms with Crippen LogP contribution in [-0.4, -0.2) is 11.0 Å². The summed E-state index contributed by atoms with van der Waals surface area (Å²) >= 11 is 0. The van der Waals surface area contributed by atoms with Crippen LogP contribution in [0.2, 0.25) is 0 Å². The number of hydrogen-bond acceptors (Lipinski definition) is 2. The summed E-state index contributed by atoms with van der Waals surface area (Å²) in [5.41, 5.74) is 2.78. The minimum Gasteiger partial charge on any atom is -0.384 e. The number of hydrogen-bond donors (Lipinski definition) is 2. The van der Waals surface area contributed by atoms with E-state index in [1.54, 1.807) is 0 Å². The Labute approximate surface area is 155 Å². The van der Waals surface area contributed by atoms with E-state index in [1.807, 2.05) is 86.7 Å². The zero-order valence-corrected chi connectivity index (χ0v) is 15.2. The van der Waals surface area contributed by atoms with E-state index in [4.69, 9.17) is 0 Å². The summed E-state index contributed by atoms with van der Waals surface area (Å²) in [6, 6.07) is 19.4. The number of allylic oxidation sites excluding steroid dienone is 2. The van der Waals surface area contributed by atoms with Gasteiger partial charge in [-0.25, -0.2) is 0 Å². The zero-order chi connectivity index (χ0) is 18.5. The summed E-state index contributed by atoms with van der Waals surface area (Å²) in [5, 5.41) is 14.1. The van der Waals surface area contributed by atoms with Gasteiger partial charge in [0.15, 0.2) is 0 Å². The minimum absolute atomic E-state index is 0.00713. The Balaban J connectivity index is 1.91. The molecule has 1 aliphatic rings. The van der Waals surface area contributed by atoms with Crippen molar-refractivity contribution >= 4 is 5.91 Å². The van der Waals surface area contributed by atoms with Gasteiger partial charge in [-0.3, -0.25) is 4.79 Å². The molecule has 0 aliphatic heterocycles. The van der Waals surface area contributed by atoms with E-state index in [0.29, 0.717) is 0 Å². The predicted molar refractivity (Wildman–Crippen MR) is 104 cm³/mol. The lowest BCUT2D eigenvalue weighted by Gasteiger charge is -2.29. The Morgan fingerprint density at radius 1 is 0.962 bits per heavy atom. The number of benzene rings is 2. The number of carbonyl (C=O) groups excluding carboxylic acids is 1. The highest BCUT2D eigenvalue weighted by Crippen LogP contribution is 2.39. The molecular weight excluding hydrogens is 322 g/mol. The maximum atomic E-state index is 12.4. The molecule has 0 aromatic heterocycles. The largest absolute Gasteiger partial charge is 0.384 e. The average molecular weight is 347 g/mol. The number of carbonyl (C=O) groups is 1. The summed E-state index contributed by atoms with van der Waals surface area (Å²) in [6.45, 7) is 3.77. The Bertz CT molecular complexity index is 793. The molecule has 3 heteroatoms. The molecule has 134 valence electrons. The third-order valence-electron chi connectivity index (χ3n) is 4.76. The zero-order valence-electron chi connectivity index (χ0n) is 15.2. The van der Waals surface area contributed by atoms with Gasteiger partial charge in [0, 0.05) is 11.8 Å². The van der Waals surface area contributed by atoms with Gasteiger partial charge in [-0.15, -0.1) is 0 Å². The second kappa shape index (κ2) is 8.15. The molecule has 3 nitrogen and oxygen atoms in total. The van der Waals surface area contributed by atoms with Crippen molar-refractivity contribution < 1.29 is 9.90 Å². The maximum absolute atomic E-state index is 12.4. The highest BCUT2D eigenvalue weighted by atomic mass is 16.3. The number of aliphatic hydroxyl groups is 1. The van der Waals surface area contributed by atoms with Crippen LogP contribution < -0.4 is 5.32 Å².